The fourth-order valence-corrected chi connectivity index (χ4v) is 9.95. The Bertz CT molecular complexity index is 1680. The largest absolute Gasteiger partial charge is 0.352 e. The average Bonchev–Trinajstić information content (AvgIpc) is 3.04. The number of carbonyl (C=O) groups is 2. The van der Waals surface area contributed by atoms with Crippen molar-refractivity contribution in [3.8, 4) is 0 Å². The van der Waals surface area contributed by atoms with Crippen molar-refractivity contribution < 1.29 is 18.0 Å². The lowest BCUT2D eigenvalue weighted by atomic mass is 9.48. The van der Waals surface area contributed by atoms with E-state index in [1.54, 1.807) is 18.2 Å². The minimum Gasteiger partial charge on any atom is -0.352 e. The van der Waals surface area contributed by atoms with Gasteiger partial charge in [0.05, 0.1) is 11.9 Å². The van der Waals surface area contributed by atoms with Gasteiger partial charge in [0, 0.05) is 24.0 Å². The van der Waals surface area contributed by atoms with E-state index in [9.17, 15) is 18.0 Å². The zero-order chi connectivity index (χ0) is 34.1. The predicted octanol–water partition coefficient (Wildman–Crippen LogP) is 7.13. The second kappa shape index (κ2) is 14.2. The smallest absolute Gasteiger partial charge is 0.244 e. The van der Waals surface area contributed by atoms with Crippen LogP contribution in [0.5, 0.6) is 0 Å². The first-order chi connectivity index (χ1) is 22.9. The summed E-state index contributed by atoms with van der Waals surface area (Å²) in [5, 5.41) is 3.58. The molecule has 3 aromatic carbocycles. The minimum absolute atomic E-state index is 0.0907. The van der Waals surface area contributed by atoms with Crippen molar-refractivity contribution in [2.75, 3.05) is 17.1 Å². The summed E-state index contributed by atoms with van der Waals surface area (Å²) >= 11 is 6.33. The highest BCUT2D eigenvalue weighted by Crippen LogP contribution is 2.60. The maximum absolute atomic E-state index is 14.5. The van der Waals surface area contributed by atoms with Crippen LogP contribution in [0.25, 0.3) is 0 Å². The summed E-state index contributed by atoms with van der Waals surface area (Å²) in [5.74, 6) is 1.65. The second-order valence-electron chi connectivity index (χ2n) is 14.7. The predicted molar refractivity (Wildman–Crippen MR) is 192 cm³/mol. The van der Waals surface area contributed by atoms with Crippen molar-refractivity contribution in [3.63, 3.8) is 0 Å². The van der Waals surface area contributed by atoms with Crippen LogP contribution < -0.4 is 9.62 Å². The van der Waals surface area contributed by atoms with Gasteiger partial charge in [0.25, 0.3) is 0 Å². The topological polar surface area (TPSA) is 86.8 Å². The van der Waals surface area contributed by atoms with Crippen molar-refractivity contribution in [1.82, 2.24) is 10.2 Å². The Morgan fingerprint density at radius 1 is 0.896 bits per heavy atom. The molecule has 4 saturated carbocycles. The van der Waals surface area contributed by atoms with Crippen molar-refractivity contribution in [1.29, 1.82) is 0 Å². The van der Waals surface area contributed by atoms with Crippen LogP contribution in [0.2, 0.25) is 5.02 Å². The van der Waals surface area contributed by atoms with Gasteiger partial charge in [-0.1, -0.05) is 73.1 Å². The van der Waals surface area contributed by atoms with E-state index in [0.29, 0.717) is 10.7 Å². The van der Waals surface area contributed by atoms with E-state index in [2.05, 4.69) is 17.4 Å². The highest BCUT2D eigenvalue weighted by atomic mass is 35.5. The molecule has 256 valence electrons. The van der Waals surface area contributed by atoms with Crippen LogP contribution in [0.4, 0.5) is 5.69 Å². The van der Waals surface area contributed by atoms with Gasteiger partial charge in [-0.2, -0.15) is 0 Å². The molecule has 4 fully saturated rings. The maximum Gasteiger partial charge on any atom is 0.244 e. The highest BCUT2D eigenvalue weighted by Gasteiger charge is 2.51. The Hall–Kier alpha value is -3.36. The van der Waals surface area contributed by atoms with E-state index in [-0.39, 0.29) is 30.3 Å². The van der Waals surface area contributed by atoms with Gasteiger partial charge in [-0.05, 0) is 116 Å². The number of nitrogens with one attached hydrogen (secondary N) is 1. The number of rotatable bonds is 13. The molecule has 2 amide bonds. The third kappa shape index (κ3) is 7.76. The summed E-state index contributed by atoms with van der Waals surface area (Å²) in [4.78, 5) is 29.9. The number of anilines is 1. The molecule has 4 aliphatic rings. The van der Waals surface area contributed by atoms with Crippen LogP contribution in [0.1, 0.15) is 75.5 Å². The summed E-state index contributed by atoms with van der Waals surface area (Å²) in [6.07, 6.45) is 9.84. The first-order valence-electron chi connectivity index (χ1n) is 17.4. The molecule has 3 aromatic rings. The minimum atomic E-state index is -3.85. The Morgan fingerprint density at radius 2 is 1.50 bits per heavy atom. The number of hydrogen-bond acceptors (Lipinski definition) is 4. The second-order valence-corrected chi connectivity index (χ2v) is 17.0. The summed E-state index contributed by atoms with van der Waals surface area (Å²) in [6, 6.07) is 23.7. The van der Waals surface area contributed by atoms with E-state index in [0.717, 1.165) is 41.6 Å². The molecule has 7 nitrogen and oxygen atoms in total. The van der Waals surface area contributed by atoms with Crippen LogP contribution in [-0.2, 0) is 38.0 Å². The zero-order valence-electron chi connectivity index (χ0n) is 28.3. The molecule has 0 saturated heterocycles. The molecule has 1 N–H and O–H groups in total. The van der Waals surface area contributed by atoms with Crippen LogP contribution in [-0.4, -0.2) is 50.0 Å². The van der Waals surface area contributed by atoms with E-state index in [4.69, 9.17) is 11.6 Å². The monoisotopic (exact) mass is 689 g/mol. The van der Waals surface area contributed by atoms with Gasteiger partial charge in [-0.25, -0.2) is 8.42 Å². The lowest BCUT2D eigenvalue weighted by molar-refractivity contribution is -0.140. The van der Waals surface area contributed by atoms with Gasteiger partial charge in [0.15, 0.2) is 0 Å². The fourth-order valence-electron chi connectivity index (χ4n) is 8.89. The van der Waals surface area contributed by atoms with Gasteiger partial charge >= 0.3 is 0 Å². The Balaban J connectivity index is 1.31. The Labute approximate surface area is 291 Å². The molecular weight excluding hydrogens is 642 g/mol. The molecule has 0 aromatic heterocycles. The lowest BCUT2D eigenvalue weighted by Crippen LogP contribution is -2.54. The molecule has 4 aliphatic carbocycles. The average molecular weight is 690 g/mol. The number of hydrogen-bond donors (Lipinski definition) is 1. The van der Waals surface area contributed by atoms with Crippen molar-refractivity contribution >= 4 is 39.1 Å². The number of benzene rings is 3. The van der Waals surface area contributed by atoms with Crippen molar-refractivity contribution in [2.24, 2.45) is 17.8 Å². The maximum atomic E-state index is 14.5. The van der Waals surface area contributed by atoms with Crippen LogP contribution >= 0.6 is 11.6 Å². The van der Waals surface area contributed by atoms with E-state index in [1.165, 1.54) is 53.3 Å². The summed E-state index contributed by atoms with van der Waals surface area (Å²) in [7, 11) is -3.85. The summed E-state index contributed by atoms with van der Waals surface area (Å²) in [6.45, 7) is 3.58. The molecule has 2 atom stereocenters. The van der Waals surface area contributed by atoms with Gasteiger partial charge in [0.1, 0.15) is 12.6 Å². The van der Waals surface area contributed by atoms with Crippen LogP contribution in [0, 0.1) is 17.8 Å². The lowest BCUT2D eigenvalue weighted by Gasteiger charge is -2.57. The third-order valence-electron chi connectivity index (χ3n) is 11.0. The molecule has 0 radical (unpaired) electrons. The quantitative estimate of drug-likeness (QED) is 0.207. The van der Waals surface area contributed by atoms with E-state index in [1.807, 2.05) is 62.4 Å². The molecule has 9 heteroatoms. The van der Waals surface area contributed by atoms with Gasteiger partial charge in [-0.3, -0.25) is 13.9 Å². The number of carbonyl (C=O) groups excluding carboxylic acids is 2. The zero-order valence-corrected chi connectivity index (χ0v) is 29.8. The standard InChI is InChI=1S/C39H48ClN3O4S/c1-4-27(2)41-38(45)36(21-28-9-6-5-7-10-28)42(25-29-11-8-12-34(40)20-29)37(44)26-43(48(3,46)47)35-15-13-33(14-16-35)39-22-30-17-31(23-39)19-32(18-30)24-39/h5-16,20,27,30-32,36H,4,17-19,21-26H2,1-3H3,(H,41,45)/t27-,30?,31?,32?,36+,39?/m0/s1. The van der Waals surface area contributed by atoms with Gasteiger partial charge in [0.2, 0.25) is 21.8 Å². The van der Waals surface area contributed by atoms with E-state index < -0.39 is 28.5 Å². The number of halogens is 1. The van der Waals surface area contributed by atoms with Crippen LogP contribution in [0.3, 0.4) is 0 Å². The van der Waals surface area contributed by atoms with E-state index >= 15 is 0 Å². The Kier molecular flexibility index (Phi) is 10.2. The van der Waals surface area contributed by atoms with Crippen molar-refractivity contribution in [2.45, 2.75) is 89.3 Å². The molecule has 7 rings (SSSR count). The number of sulfonamides is 1. The Morgan fingerprint density at radius 3 is 2.06 bits per heavy atom. The molecular formula is C39H48ClN3O4S. The van der Waals surface area contributed by atoms with Gasteiger partial charge in [-0.15, -0.1) is 0 Å². The first-order valence-corrected chi connectivity index (χ1v) is 19.6. The first kappa shape index (κ1) is 34.5. The molecule has 0 spiro atoms. The fraction of sp³-hybridized carbons (Fsp3) is 0.487. The SMILES string of the molecule is CC[C@H](C)NC(=O)[C@@H](Cc1ccccc1)N(Cc1cccc(Cl)c1)C(=O)CN(c1ccc(C23CC4CC(CC(C4)C2)C3)cc1)S(C)(=O)=O. The summed E-state index contributed by atoms with van der Waals surface area (Å²) < 4.78 is 27.9. The summed E-state index contributed by atoms with van der Waals surface area (Å²) in [5.41, 5.74) is 3.56. The van der Waals surface area contributed by atoms with Crippen LogP contribution in [0.15, 0.2) is 78.9 Å². The number of nitrogens with zero attached hydrogens (tertiary/aromatic N) is 2. The third-order valence-corrected chi connectivity index (χ3v) is 12.4. The molecule has 48 heavy (non-hydrogen) atoms. The van der Waals surface area contributed by atoms with Crippen molar-refractivity contribution in [3.05, 3.63) is 101 Å². The normalized spacial score (nSPS) is 24.1. The number of amides is 2. The molecule has 4 bridgehead atoms. The molecule has 0 aliphatic heterocycles. The molecule has 0 unspecified atom stereocenters. The van der Waals surface area contributed by atoms with Gasteiger partial charge < -0.3 is 10.2 Å². The molecule has 0 heterocycles. The highest BCUT2D eigenvalue weighted by molar-refractivity contribution is 7.92.